The second-order valence-corrected chi connectivity index (χ2v) is 7.78. The van der Waals surface area contributed by atoms with Gasteiger partial charge in [0, 0.05) is 12.3 Å². The van der Waals surface area contributed by atoms with Gasteiger partial charge in [-0.2, -0.15) is 0 Å². The molecule has 2 aromatic carbocycles. The van der Waals surface area contributed by atoms with Crippen LogP contribution < -0.4 is 5.56 Å². The molecule has 0 saturated carbocycles. The lowest BCUT2D eigenvalue weighted by molar-refractivity contribution is -0.150. The Morgan fingerprint density at radius 2 is 1.55 bits per heavy atom. The van der Waals surface area contributed by atoms with Crippen LogP contribution in [0.2, 0.25) is 5.02 Å². The van der Waals surface area contributed by atoms with Crippen LogP contribution in [-0.2, 0) is 29.0 Å². The monoisotopic (exact) mass is 432 g/mol. The Labute approximate surface area is 184 Å². The van der Waals surface area contributed by atoms with Gasteiger partial charge in [-0.3, -0.25) is 14.0 Å². The Balaban J connectivity index is 1.51. The smallest absolute Gasteiger partial charge is 0.309 e. The van der Waals surface area contributed by atoms with Gasteiger partial charge in [0.05, 0.1) is 16.6 Å². The average Bonchev–Trinajstić information content (AvgIpc) is 2.79. The standard InChI is InChI=1S/C25H21ClN2O3/c26-21-11-12-23-27-22(15-24(29)28(23)16-21)17-31-25(30)20(13-18-7-3-1-4-8-18)14-19-9-5-2-6-10-19/h1-12,15-16,20H,13-14,17H2. The first-order chi connectivity index (χ1) is 15.1. The molecule has 2 aromatic heterocycles. The van der Waals surface area contributed by atoms with E-state index in [1.807, 2.05) is 60.7 Å². The van der Waals surface area contributed by atoms with Crippen molar-refractivity contribution in [2.24, 2.45) is 5.92 Å². The van der Waals surface area contributed by atoms with Gasteiger partial charge in [0.15, 0.2) is 0 Å². The SMILES string of the molecule is O=C(OCc1cc(=O)n2cc(Cl)ccc2n1)C(Cc1ccccc1)Cc1ccccc1. The molecular weight excluding hydrogens is 412 g/mol. The van der Waals surface area contributed by atoms with Crippen molar-refractivity contribution in [3.63, 3.8) is 0 Å². The van der Waals surface area contributed by atoms with Crippen LogP contribution in [0.5, 0.6) is 0 Å². The van der Waals surface area contributed by atoms with Crippen LogP contribution in [0, 0.1) is 5.92 Å². The molecule has 0 bridgehead atoms. The van der Waals surface area contributed by atoms with Crippen molar-refractivity contribution < 1.29 is 9.53 Å². The van der Waals surface area contributed by atoms with Gasteiger partial charge in [-0.15, -0.1) is 0 Å². The number of ether oxygens (including phenoxy) is 1. The predicted octanol–water partition coefficient (Wildman–Crippen LogP) is 4.49. The quantitative estimate of drug-likeness (QED) is 0.403. The number of hydrogen-bond acceptors (Lipinski definition) is 4. The Morgan fingerprint density at radius 1 is 0.935 bits per heavy atom. The zero-order valence-electron chi connectivity index (χ0n) is 16.8. The second-order valence-electron chi connectivity index (χ2n) is 7.35. The Bertz CT molecular complexity index is 1200. The summed E-state index contributed by atoms with van der Waals surface area (Å²) in [5.74, 6) is -0.657. The Morgan fingerprint density at radius 3 is 2.16 bits per heavy atom. The molecule has 4 aromatic rings. The van der Waals surface area contributed by atoms with Gasteiger partial charge in [-0.1, -0.05) is 72.3 Å². The largest absolute Gasteiger partial charge is 0.459 e. The molecule has 5 nitrogen and oxygen atoms in total. The molecule has 0 fully saturated rings. The second kappa shape index (κ2) is 9.58. The van der Waals surface area contributed by atoms with Gasteiger partial charge in [0.2, 0.25) is 0 Å². The molecule has 4 rings (SSSR count). The van der Waals surface area contributed by atoms with Gasteiger partial charge in [-0.25, -0.2) is 4.98 Å². The molecule has 31 heavy (non-hydrogen) atoms. The van der Waals surface area contributed by atoms with Crippen molar-refractivity contribution in [1.29, 1.82) is 0 Å². The van der Waals surface area contributed by atoms with Crippen LogP contribution in [0.3, 0.4) is 0 Å². The summed E-state index contributed by atoms with van der Waals surface area (Å²) in [5.41, 5.74) is 2.72. The van der Waals surface area contributed by atoms with Crippen molar-refractivity contribution in [2.45, 2.75) is 19.4 Å². The molecule has 0 saturated heterocycles. The lowest BCUT2D eigenvalue weighted by Crippen LogP contribution is -2.23. The number of aromatic nitrogens is 2. The van der Waals surface area contributed by atoms with E-state index in [-0.39, 0.29) is 24.1 Å². The molecule has 6 heteroatoms. The topological polar surface area (TPSA) is 60.7 Å². The highest BCUT2D eigenvalue weighted by molar-refractivity contribution is 6.30. The van der Waals surface area contributed by atoms with E-state index in [0.29, 0.717) is 29.2 Å². The highest BCUT2D eigenvalue weighted by Crippen LogP contribution is 2.17. The molecular formula is C25H21ClN2O3. The third-order valence-corrected chi connectivity index (χ3v) is 5.25. The van der Waals surface area contributed by atoms with Crippen molar-refractivity contribution in [1.82, 2.24) is 9.38 Å². The number of carbonyl (C=O) groups is 1. The Kier molecular flexibility index (Phi) is 6.43. The summed E-state index contributed by atoms with van der Waals surface area (Å²) < 4.78 is 6.95. The average molecular weight is 433 g/mol. The van der Waals surface area contributed by atoms with E-state index in [0.717, 1.165) is 11.1 Å². The number of hydrogen-bond donors (Lipinski definition) is 0. The molecule has 0 aliphatic heterocycles. The maximum absolute atomic E-state index is 13.0. The number of nitrogens with zero attached hydrogens (tertiary/aromatic N) is 2. The summed E-state index contributed by atoms with van der Waals surface area (Å²) in [5, 5.41) is 0.445. The van der Waals surface area contributed by atoms with Crippen molar-refractivity contribution in [3.05, 3.63) is 117 Å². The van der Waals surface area contributed by atoms with E-state index < -0.39 is 0 Å². The molecule has 0 radical (unpaired) electrons. The number of pyridine rings is 1. The van der Waals surface area contributed by atoms with Gasteiger partial charge in [0.25, 0.3) is 5.56 Å². The third-order valence-electron chi connectivity index (χ3n) is 5.02. The molecule has 0 atom stereocenters. The minimum Gasteiger partial charge on any atom is -0.459 e. The summed E-state index contributed by atoms with van der Waals surface area (Å²) in [6.07, 6.45) is 2.65. The maximum Gasteiger partial charge on any atom is 0.309 e. The van der Waals surface area contributed by atoms with E-state index in [9.17, 15) is 9.59 Å². The molecule has 0 aliphatic carbocycles. The molecule has 0 amide bonds. The summed E-state index contributed by atoms with van der Waals surface area (Å²) in [7, 11) is 0. The highest BCUT2D eigenvalue weighted by atomic mass is 35.5. The van der Waals surface area contributed by atoms with Gasteiger partial charge in [-0.05, 0) is 36.1 Å². The number of carbonyl (C=O) groups excluding carboxylic acids is 1. The molecule has 2 heterocycles. The first kappa shape index (κ1) is 20.8. The number of benzene rings is 2. The lowest BCUT2D eigenvalue weighted by Gasteiger charge is -2.16. The van der Waals surface area contributed by atoms with Crippen molar-refractivity contribution in [3.8, 4) is 0 Å². The van der Waals surface area contributed by atoms with Crippen LogP contribution in [0.1, 0.15) is 16.8 Å². The molecule has 156 valence electrons. The first-order valence-corrected chi connectivity index (χ1v) is 10.4. The maximum atomic E-state index is 13.0. The fourth-order valence-corrected chi connectivity index (χ4v) is 3.66. The van der Waals surface area contributed by atoms with Crippen LogP contribution in [0.4, 0.5) is 0 Å². The minimum atomic E-state index is -0.342. The van der Waals surface area contributed by atoms with E-state index in [1.165, 1.54) is 16.7 Å². The first-order valence-electron chi connectivity index (χ1n) is 10.0. The Hall–Kier alpha value is -3.44. The minimum absolute atomic E-state index is 0.0622. The summed E-state index contributed by atoms with van der Waals surface area (Å²) in [6.45, 7) is -0.0622. The number of halogens is 1. The van der Waals surface area contributed by atoms with Crippen LogP contribution in [0.25, 0.3) is 5.65 Å². The van der Waals surface area contributed by atoms with Gasteiger partial charge < -0.3 is 4.74 Å². The molecule has 0 spiro atoms. The van der Waals surface area contributed by atoms with Gasteiger partial charge >= 0.3 is 5.97 Å². The summed E-state index contributed by atoms with van der Waals surface area (Å²) in [4.78, 5) is 29.7. The molecule has 0 unspecified atom stereocenters. The summed E-state index contributed by atoms with van der Waals surface area (Å²) >= 11 is 5.94. The third kappa shape index (κ3) is 5.38. The fraction of sp³-hybridized carbons (Fsp3) is 0.160. The lowest BCUT2D eigenvalue weighted by atomic mass is 9.92. The van der Waals surface area contributed by atoms with Crippen LogP contribution in [0.15, 0.2) is 89.9 Å². The molecule has 0 aliphatic rings. The highest BCUT2D eigenvalue weighted by Gasteiger charge is 2.21. The zero-order chi connectivity index (χ0) is 21.6. The normalized spacial score (nSPS) is 11.0. The summed E-state index contributed by atoms with van der Waals surface area (Å²) in [6, 6.07) is 24.4. The van der Waals surface area contributed by atoms with Crippen LogP contribution in [-0.4, -0.2) is 15.4 Å². The van der Waals surface area contributed by atoms with Crippen molar-refractivity contribution in [2.75, 3.05) is 0 Å². The number of esters is 1. The van der Waals surface area contributed by atoms with E-state index in [1.54, 1.807) is 12.1 Å². The van der Waals surface area contributed by atoms with Crippen molar-refractivity contribution >= 4 is 23.2 Å². The van der Waals surface area contributed by atoms with E-state index in [4.69, 9.17) is 16.3 Å². The number of rotatable bonds is 7. The predicted molar refractivity (Wildman–Crippen MR) is 120 cm³/mol. The molecule has 0 N–H and O–H groups in total. The zero-order valence-corrected chi connectivity index (χ0v) is 17.5. The fourth-order valence-electron chi connectivity index (χ4n) is 3.50. The number of fused-ring (bicyclic) bond motifs is 1. The van der Waals surface area contributed by atoms with Gasteiger partial charge in [0.1, 0.15) is 12.3 Å². The van der Waals surface area contributed by atoms with E-state index in [2.05, 4.69) is 4.98 Å². The van der Waals surface area contributed by atoms with Crippen LogP contribution >= 0.6 is 11.6 Å². The van der Waals surface area contributed by atoms with E-state index >= 15 is 0 Å².